The summed E-state index contributed by atoms with van der Waals surface area (Å²) in [6, 6.07) is 7.04. The molecule has 0 spiro atoms. The Kier molecular flexibility index (Phi) is 5.06. The van der Waals surface area contributed by atoms with Crippen LogP contribution in [0.1, 0.15) is 31.7 Å². The van der Waals surface area contributed by atoms with Gasteiger partial charge in [-0.15, -0.1) is 0 Å². The number of hydrogen-bond donors (Lipinski definition) is 1. The molecular weight excluding hydrogens is 314 g/mol. The highest BCUT2D eigenvalue weighted by Gasteiger charge is 2.43. The van der Waals surface area contributed by atoms with Crippen molar-refractivity contribution < 1.29 is 18.3 Å². The van der Waals surface area contributed by atoms with Crippen LogP contribution >= 0.6 is 0 Å². The Hall–Kier alpha value is -0.950. The second-order valence-corrected chi connectivity index (χ2v) is 8.24. The molecule has 0 bridgehead atoms. The van der Waals surface area contributed by atoms with Crippen LogP contribution in [0.15, 0.2) is 29.2 Å². The summed E-state index contributed by atoms with van der Waals surface area (Å²) in [6.45, 7) is 3.48. The van der Waals surface area contributed by atoms with Crippen molar-refractivity contribution in [2.45, 2.75) is 49.6 Å². The maximum absolute atomic E-state index is 13.2. The Balaban J connectivity index is 1.92. The zero-order valence-electron chi connectivity index (χ0n) is 13.5. The van der Waals surface area contributed by atoms with Gasteiger partial charge in [-0.25, -0.2) is 8.42 Å². The first-order valence-electron chi connectivity index (χ1n) is 8.41. The number of hydrogen-bond acceptors (Lipinski definition) is 4. The van der Waals surface area contributed by atoms with Gasteiger partial charge in [-0.3, -0.25) is 0 Å². The number of sulfonamides is 1. The van der Waals surface area contributed by atoms with Gasteiger partial charge in [0.15, 0.2) is 0 Å². The Morgan fingerprint density at radius 3 is 2.83 bits per heavy atom. The Bertz CT molecular complexity index is 646. The van der Waals surface area contributed by atoms with Crippen LogP contribution in [0.25, 0.3) is 0 Å². The van der Waals surface area contributed by atoms with Crippen LogP contribution in [0.4, 0.5) is 0 Å². The summed E-state index contributed by atoms with van der Waals surface area (Å²) in [5.41, 5.74) is 0.846. The lowest BCUT2D eigenvalue weighted by atomic mass is 9.90. The number of benzene rings is 1. The van der Waals surface area contributed by atoms with E-state index >= 15 is 0 Å². The number of aryl methyl sites for hydroxylation is 1. The van der Waals surface area contributed by atoms with E-state index in [-0.39, 0.29) is 12.0 Å². The van der Waals surface area contributed by atoms with Gasteiger partial charge in [-0.05, 0) is 37.3 Å². The van der Waals surface area contributed by atoms with Crippen LogP contribution < -0.4 is 0 Å². The predicted octanol–water partition coefficient (Wildman–Crippen LogP) is 1.80. The summed E-state index contributed by atoms with van der Waals surface area (Å²) in [4.78, 5) is 0.403. The van der Waals surface area contributed by atoms with Crippen molar-refractivity contribution in [2.24, 2.45) is 5.92 Å². The summed E-state index contributed by atoms with van der Waals surface area (Å²) in [5.74, 6) is -0.130. The van der Waals surface area contributed by atoms with Crippen molar-refractivity contribution in [3.05, 3.63) is 29.8 Å². The number of nitrogens with zero attached hydrogens (tertiary/aromatic N) is 1. The molecular formula is C17H25NO4S. The van der Waals surface area contributed by atoms with Crippen LogP contribution in [0.5, 0.6) is 0 Å². The first kappa shape index (κ1) is 16.9. The number of ether oxygens (including phenoxy) is 1. The van der Waals surface area contributed by atoms with Crippen LogP contribution in [-0.2, 0) is 21.2 Å². The molecule has 1 aromatic carbocycles. The van der Waals surface area contributed by atoms with Gasteiger partial charge in [-0.1, -0.05) is 25.1 Å². The van der Waals surface area contributed by atoms with E-state index in [9.17, 15) is 13.5 Å². The fourth-order valence-electron chi connectivity index (χ4n) is 3.78. The minimum absolute atomic E-state index is 0.130. The quantitative estimate of drug-likeness (QED) is 0.908. The molecule has 2 fully saturated rings. The van der Waals surface area contributed by atoms with Crippen molar-refractivity contribution in [1.29, 1.82) is 0 Å². The maximum Gasteiger partial charge on any atom is 0.243 e. The molecule has 0 unspecified atom stereocenters. The smallest absolute Gasteiger partial charge is 0.243 e. The van der Waals surface area contributed by atoms with E-state index in [0.29, 0.717) is 37.5 Å². The zero-order chi connectivity index (χ0) is 16.4. The molecule has 0 amide bonds. The van der Waals surface area contributed by atoms with Gasteiger partial charge < -0.3 is 9.84 Å². The Morgan fingerprint density at radius 2 is 2.09 bits per heavy atom. The lowest BCUT2D eigenvalue weighted by molar-refractivity contribution is -0.0543. The molecule has 3 atom stereocenters. The van der Waals surface area contributed by atoms with Crippen LogP contribution in [0, 0.1) is 5.92 Å². The van der Waals surface area contributed by atoms with Crippen molar-refractivity contribution in [3.63, 3.8) is 0 Å². The second-order valence-electron chi connectivity index (χ2n) is 6.38. The number of aliphatic hydroxyl groups is 1. The first-order valence-corrected chi connectivity index (χ1v) is 9.85. The lowest BCUT2D eigenvalue weighted by Crippen LogP contribution is -2.48. The molecule has 1 aromatic rings. The highest BCUT2D eigenvalue weighted by molar-refractivity contribution is 7.89. The third-order valence-corrected chi connectivity index (χ3v) is 7.07. The lowest BCUT2D eigenvalue weighted by Gasteiger charge is -2.36. The molecule has 0 saturated carbocycles. The van der Waals surface area contributed by atoms with Gasteiger partial charge in [0, 0.05) is 25.1 Å². The first-order chi connectivity index (χ1) is 11.1. The molecule has 1 N–H and O–H groups in total. The molecule has 3 rings (SSSR count). The average molecular weight is 339 g/mol. The second kappa shape index (κ2) is 6.89. The van der Waals surface area contributed by atoms with Crippen molar-refractivity contribution in [3.8, 4) is 0 Å². The summed E-state index contributed by atoms with van der Waals surface area (Å²) >= 11 is 0. The third-order valence-electron chi connectivity index (χ3n) is 5.05. The highest BCUT2D eigenvalue weighted by atomic mass is 32.2. The molecule has 0 aromatic heterocycles. The highest BCUT2D eigenvalue weighted by Crippen LogP contribution is 2.34. The zero-order valence-corrected chi connectivity index (χ0v) is 14.3. The topological polar surface area (TPSA) is 66.8 Å². The van der Waals surface area contributed by atoms with E-state index in [1.54, 1.807) is 16.4 Å². The molecule has 5 nitrogen and oxygen atoms in total. The van der Waals surface area contributed by atoms with Gasteiger partial charge in [0.2, 0.25) is 10.0 Å². The normalized spacial score (nSPS) is 29.7. The van der Waals surface area contributed by atoms with Crippen molar-refractivity contribution >= 4 is 10.0 Å². The molecule has 23 heavy (non-hydrogen) atoms. The van der Waals surface area contributed by atoms with Crippen LogP contribution in [-0.4, -0.2) is 49.7 Å². The summed E-state index contributed by atoms with van der Waals surface area (Å²) in [7, 11) is -3.54. The SMILES string of the molecule is CCc1ccccc1S(=O)(=O)N1CCC[C@@H]1[C@H]1COCC[C@@H]1O. The van der Waals surface area contributed by atoms with E-state index in [0.717, 1.165) is 18.4 Å². The van der Waals surface area contributed by atoms with Gasteiger partial charge in [-0.2, -0.15) is 4.31 Å². The monoisotopic (exact) mass is 339 g/mol. The standard InChI is InChI=1S/C17H25NO4S/c1-2-13-6-3-4-8-17(13)23(20,21)18-10-5-7-15(18)14-12-22-11-9-16(14)19/h3-4,6,8,14-16,19H,2,5,7,9-12H2,1H3/t14-,15-,16+/m1/s1. The fourth-order valence-corrected chi connectivity index (χ4v) is 5.82. The molecule has 0 aliphatic carbocycles. The van der Waals surface area contributed by atoms with Crippen LogP contribution in [0.2, 0.25) is 0 Å². The molecule has 2 aliphatic rings. The van der Waals surface area contributed by atoms with E-state index < -0.39 is 16.1 Å². The van der Waals surface area contributed by atoms with Crippen molar-refractivity contribution in [2.75, 3.05) is 19.8 Å². The maximum atomic E-state index is 13.2. The molecule has 6 heteroatoms. The van der Waals surface area contributed by atoms with E-state index in [1.807, 2.05) is 19.1 Å². The number of rotatable bonds is 4. The van der Waals surface area contributed by atoms with E-state index in [2.05, 4.69) is 0 Å². The Labute approximate surface area is 138 Å². The summed E-state index contributed by atoms with van der Waals surface area (Å²) in [6.07, 6.45) is 2.41. The predicted molar refractivity (Wildman–Crippen MR) is 87.7 cm³/mol. The fraction of sp³-hybridized carbons (Fsp3) is 0.647. The molecule has 0 radical (unpaired) electrons. The van der Waals surface area contributed by atoms with Gasteiger partial charge in [0.25, 0.3) is 0 Å². The Morgan fingerprint density at radius 1 is 1.30 bits per heavy atom. The van der Waals surface area contributed by atoms with Crippen LogP contribution in [0.3, 0.4) is 0 Å². The minimum Gasteiger partial charge on any atom is -0.393 e. The van der Waals surface area contributed by atoms with Crippen molar-refractivity contribution in [1.82, 2.24) is 4.31 Å². The molecule has 2 saturated heterocycles. The van der Waals surface area contributed by atoms with E-state index in [1.165, 1.54) is 0 Å². The average Bonchev–Trinajstić information content (AvgIpc) is 3.05. The van der Waals surface area contributed by atoms with Gasteiger partial charge >= 0.3 is 0 Å². The number of aliphatic hydroxyl groups excluding tert-OH is 1. The van der Waals surface area contributed by atoms with Gasteiger partial charge in [0.05, 0.1) is 17.6 Å². The minimum atomic E-state index is -3.54. The molecule has 128 valence electrons. The summed E-state index contributed by atoms with van der Waals surface area (Å²) < 4.78 is 33.5. The molecule has 2 heterocycles. The van der Waals surface area contributed by atoms with Gasteiger partial charge in [0.1, 0.15) is 0 Å². The molecule has 2 aliphatic heterocycles. The summed E-state index contributed by atoms with van der Waals surface area (Å²) in [5, 5.41) is 10.3. The van der Waals surface area contributed by atoms with E-state index in [4.69, 9.17) is 4.74 Å². The third kappa shape index (κ3) is 3.18. The largest absolute Gasteiger partial charge is 0.393 e.